The highest BCUT2D eigenvalue weighted by molar-refractivity contribution is 5.25. The first kappa shape index (κ1) is 5.35. The Morgan fingerprint density at radius 3 is 2.70 bits per heavy atom. The van der Waals surface area contributed by atoms with E-state index in [2.05, 4.69) is 6.26 Å². The van der Waals surface area contributed by atoms with Gasteiger partial charge >= 0.3 is 0 Å². The summed E-state index contributed by atoms with van der Waals surface area (Å²) in [5.41, 5.74) is 0.935. The third-order valence-electron chi connectivity index (χ3n) is 1.34. The standard InChI is InChI=1S/C8H6NO/c1-2-5-9(4-1)8-3-6-10-7-8/h1-6H. The molecule has 2 aromatic heterocycles. The lowest BCUT2D eigenvalue weighted by molar-refractivity contribution is 0.556. The Bertz CT molecular complexity index is 249. The second-order valence-electron chi connectivity index (χ2n) is 2.00. The topological polar surface area (TPSA) is 18.1 Å². The second-order valence-corrected chi connectivity index (χ2v) is 2.00. The second kappa shape index (κ2) is 2.06. The highest BCUT2D eigenvalue weighted by atomic mass is 16.3. The molecule has 0 amide bonds. The Morgan fingerprint density at radius 2 is 2.10 bits per heavy atom. The average molecular weight is 132 g/mol. The van der Waals surface area contributed by atoms with E-state index in [1.54, 1.807) is 6.26 Å². The van der Waals surface area contributed by atoms with Gasteiger partial charge in [-0.15, -0.1) is 0 Å². The molecule has 2 heterocycles. The molecule has 0 saturated carbocycles. The third-order valence-corrected chi connectivity index (χ3v) is 1.34. The molecular formula is C8H6NO. The fraction of sp³-hybridized carbons (Fsp3) is 0. The zero-order valence-electron chi connectivity index (χ0n) is 5.32. The van der Waals surface area contributed by atoms with Gasteiger partial charge in [0.2, 0.25) is 0 Å². The van der Waals surface area contributed by atoms with E-state index in [1.165, 1.54) is 0 Å². The minimum Gasteiger partial charge on any atom is -0.459 e. The van der Waals surface area contributed by atoms with Crippen LogP contribution in [-0.4, -0.2) is 4.57 Å². The van der Waals surface area contributed by atoms with Crippen LogP contribution in [0.5, 0.6) is 0 Å². The summed E-state index contributed by atoms with van der Waals surface area (Å²) in [5.74, 6) is 0. The zero-order valence-corrected chi connectivity index (χ0v) is 5.32. The van der Waals surface area contributed by atoms with Gasteiger partial charge in [0.15, 0.2) is 6.26 Å². The van der Waals surface area contributed by atoms with Gasteiger partial charge in [0.05, 0.1) is 12.0 Å². The molecule has 0 aliphatic carbocycles. The van der Waals surface area contributed by atoms with E-state index >= 15 is 0 Å². The van der Waals surface area contributed by atoms with Gasteiger partial charge in [-0.3, -0.25) is 0 Å². The van der Waals surface area contributed by atoms with Crippen molar-refractivity contribution in [3.05, 3.63) is 43.1 Å². The molecule has 0 atom stereocenters. The smallest absolute Gasteiger partial charge is 0.195 e. The lowest BCUT2D eigenvalue weighted by atomic mass is 10.5. The molecule has 0 N–H and O–H groups in total. The SMILES string of the molecule is [c]1occc1-n1cccc1. The predicted octanol–water partition coefficient (Wildman–Crippen LogP) is 1.87. The van der Waals surface area contributed by atoms with Crippen LogP contribution in [0.1, 0.15) is 0 Å². The van der Waals surface area contributed by atoms with Crippen molar-refractivity contribution in [1.82, 2.24) is 4.57 Å². The Hall–Kier alpha value is -1.44. The van der Waals surface area contributed by atoms with E-state index in [4.69, 9.17) is 4.42 Å². The van der Waals surface area contributed by atoms with Crippen LogP contribution in [0, 0.1) is 6.26 Å². The Labute approximate surface area is 58.7 Å². The maximum Gasteiger partial charge on any atom is 0.195 e. The summed E-state index contributed by atoms with van der Waals surface area (Å²) >= 11 is 0. The fourth-order valence-electron chi connectivity index (χ4n) is 0.861. The van der Waals surface area contributed by atoms with Crippen molar-refractivity contribution in [1.29, 1.82) is 0 Å². The average Bonchev–Trinajstić information content (AvgIpc) is 2.59. The highest BCUT2D eigenvalue weighted by Gasteiger charge is 1.93. The zero-order chi connectivity index (χ0) is 6.81. The lowest BCUT2D eigenvalue weighted by Gasteiger charge is -1.92. The number of hydrogen-bond donors (Lipinski definition) is 0. The number of aromatic nitrogens is 1. The molecule has 0 saturated heterocycles. The van der Waals surface area contributed by atoms with Gasteiger partial charge in [-0.1, -0.05) is 0 Å². The van der Waals surface area contributed by atoms with E-state index in [9.17, 15) is 0 Å². The number of furan rings is 1. The Kier molecular flexibility index (Phi) is 1.10. The summed E-state index contributed by atoms with van der Waals surface area (Å²) in [5, 5.41) is 0. The van der Waals surface area contributed by atoms with Crippen LogP contribution >= 0.6 is 0 Å². The van der Waals surface area contributed by atoms with Gasteiger partial charge in [-0.25, -0.2) is 0 Å². The fourth-order valence-corrected chi connectivity index (χ4v) is 0.861. The molecule has 2 heteroatoms. The number of hydrogen-bond acceptors (Lipinski definition) is 1. The van der Waals surface area contributed by atoms with Crippen LogP contribution in [0.25, 0.3) is 5.69 Å². The monoisotopic (exact) mass is 132 g/mol. The van der Waals surface area contributed by atoms with E-state index in [-0.39, 0.29) is 0 Å². The molecule has 2 nitrogen and oxygen atoms in total. The molecular weight excluding hydrogens is 126 g/mol. The molecule has 0 aliphatic rings. The third kappa shape index (κ3) is 0.739. The van der Waals surface area contributed by atoms with E-state index in [0.29, 0.717) is 0 Å². The van der Waals surface area contributed by atoms with Crippen LogP contribution in [-0.2, 0) is 0 Å². The van der Waals surface area contributed by atoms with Crippen molar-refractivity contribution in [3.8, 4) is 5.69 Å². The Morgan fingerprint density at radius 1 is 1.30 bits per heavy atom. The normalized spacial score (nSPS) is 10.0. The van der Waals surface area contributed by atoms with Crippen LogP contribution in [0.3, 0.4) is 0 Å². The minimum atomic E-state index is 0.935. The predicted molar refractivity (Wildman–Crippen MR) is 36.9 cm³/mol. The maximum atomic E-state index is 4.79. The maximum absolute atomic E-state index is 4.79. The summed E-state index contributed by atoms with van der Waals surface area (Å²) in [6, 6.07) is 5.78. The van der Waals surface area contributed by atoms with E-state index in [0.717, 1.165) is 5.69 Å². The first-order chi connectivity index (χ1) is 4.97. The summed E-state index contributed by atoms with van der Waals surface area (Å²) in [6.07, 6.45) is 8.23. The van der Waals surface area contributed by atoms with Gasteiger partial charge in [0.25, 0.3) is 0 Å². The molecule has 1 radical (unpaired) electrons. The lowest BCUT2D eigenvalue weighted by Crippen LogP contribution is -1.83. The van der Waals surface area contributed by atoms with Crippen molar-refractivity contribution in [3.63, 3.8) is 0 Å². The molecule has 0 bridgehead atoms. The van der Waals surface area contributed by atoms with E-state index < -0.39 is 0 Å². The molecule has 0 aromatic carbocycles. The van der Waals surface area contributed by atoms with Crippen molar-refractivity contribution < 1.29 is 4.42 Å². The first-order valence-electron chi connectivity index (χ1n) is 3.05. The molecule has 0 spiro atoms. The van der Waals surface area contributed by atoms with Crippen LogP contribution in [0.4, 0.5) is 0 Å². The van der Waals surface area contributed by atoms with Crippen molar-refractivity contribution in [2.24, 2.45) is 0 Å². The van der Waals surface area contributed by atoms with Gasteiger partial charge < -0.3 is 8.98 Å². The molecule has 0 aliphatic heterocycles. The molecule has 0 unspecified atom stereocenters. The van der Waals surface area contributed by atoms with Crippen LogP contribution < -0.4 is 0 Å². The molecule has 2 aromatic rings. The quantitative estimate of drug-likeness (QED) is 0.579. The van der Waals surface area contributed by atoms with Crippen molar-refractivity contribution in [2.75, 3.05) is 0 Å². The first-order valence-corrected chi connectivity index (χ1v) is 3.05. The van der Waals surface area contributed by atoms with Gasteiger partial charge in [0.1, 0.15) is 0 Å². The minimum absolute atomic E-state index is 0.935. The van der Waals surface area contributed by atoms with Gasteiger partial charge in [-0.2, -0.15) is 0 Å². The molecule has 10 heavy (non-hydrogen) atoms. The van der Waals surface area contributed by atoms with Crippen LogP contribution in [0.15, 0.2) is 41.3 Å². The van der Waals surface area contributed by atoms with Gasteiger partial charge in [-0.05, 0) is 12.1 Å². The summed E-state index contributed by atoms with van der Waals surface area (Å²) in [6.45, 7) is 0. The summed E-state index contributed by atoms with van der Waals surface area (Å²) in [4.78, 5) is 0. The largest absolute Gasteiger partial charge is 0.459 e. The number of rotatable bonds is 1. The van der Waals surface area contributed by atoms with E-state index in [1.807, 2.05) is 35.2 Å². The highest BCUT2D eigenvalue weighted by Crippen LogP contribution is 2.05. The molecule has 2 rings (SSSR count). The molecule has 0 fully saturated rings. The summed E-state index contributed by atoms with van der Waals surface area (Å²) < 4.78 is 6.73. The summed E-state index contributed by atoms with van der Waals surface area (Å²) in [7, 11) is 0. The number of nitrogens with zero attached hydrogens (tertiary/aromatic N) is 1. The van der Waals surface area contributed by atoms with Crippen molar-refractivity contribution >= 4 is 0 Å². The molecule has 49 valence electrons. The Balaban J connectivity index is 2.48. The van der Waals surface area contributed by atoms with Gasteiger partial charge in [0, 0.05) is 18.5 Å². The van der Waals surface area contributed by atoms with Crippen molar-refractivity contribution in [2.45, 2.75) is 0 Å². The van der Waals surface area contributed by atoms with Crippen LogP contribution in [0.2, 0.25) is 0 Å².